The molecule has 8 nitrogen and oxygen atoms in total. The molecule has 2 saturated carbocycles. The van der Waals surface area contributed by atoms with Gasteiger partial charge in [0.2, 0.25) is 0 Å². The normalized spacial score (nSPS) is 23.6. The molecule has 3 N–H and O–H groups in total. The Morgan fingerprint density at radius 3 is 2.17 bits per heavy atom. The molecule has 0 radical (unpaired) electrons. The monoisotopic (exact) mass is 677 g/mol. The Labute approximate surface area is 267 Å². The predicted molar refractivity (Wildman–Crippen MR) is 158 cm³/mol. The van der Waals surface area contributed by atoms with Crippen LogP contribution in [0.3, 0.4) is 0 Å². The molecule has 0 aromatic heterocycles. The molecule has 15 heteroatoms. The number of carbonyl (C=O) groups is 2. The van der Waals surface area contributed by atoms with Crippen LogP contribution in [0.15, 0.2) is 36.4 Å². The first-order valence-corrected chi connectivity index (χ1v) is 15.3. The summed E-state index contributed by atoms with van der Waals surface area (Å²) < 4.78 is 95.9. The highest BCUT2D eigenvalue weighted by molar-refractivity contribution is 5.89. The number of alkyl halides is 6. The maximum absolute atomic E-state index is 13.7. The van der Waals surface area contributed by atoms with E-state index in [4.69, 9.17) is 19.4 Å². The van der Waals surface area contributed by atoms with Crippen molar-refractivity contribution in [3.05, 3.63) is 53.3 Å². The van der Waals surface area contributed by atoms with Crippen molar-refractivity contribution >= 4 is 17.7 Å². The Morgan fingerprint density at radius 1 is 0.915 bits per heavy atom. The summed E-state index contributed by atoms with van der Waals surface area (Å²) in [5.41, 5.74) is -0.393. The molecule has 3 atom stereocenters. The molecule has 5 rings (SSSR count). The van der Waals surface area contributed by atoms with E-state index in [0.29, 0.717) is 23.6 Å². The van der Waals surface area contributed by atoms with Crippen LogP contribution in [-0.4, -0.2) is 67.1 Å². The lowest BCUT2D eigenvalue weighted by molar-refractivity contribution is -0.192. The number of ether oxygens (including phenoxy) is 2. The highest BCUT2D eigenvalue weighted by atomic mass is 19.4. The third-order valence-electron chi connectivity index (χ3n) is 9.41. The average Bonchev–Trinajstić information content (AvgIpc) is 3.41. The van der Waals surface area contributed by atoms with E-state index in [1.807, 2.05) is 6.07 Å². The molecule has 1 aliphatic heterocycles. The number of hydrogen-bond donors (Lipinski definition) is 3. The largest absolute Gasteiger partial charge is 0.493 e. The quantitative estimate of drug-likeness (QED) is 0.274. The van der Waals surface area contributed by atoms with Gasteiger partial charge in [0.25, 0.3) is 0 Å². The van der Waals surface area contributed by atoms with Crippen LogP contribution in [0.1, 0.15) is 68.9 Å². The highest BCUT2D eigenvalue weighted by Gasteiger charge is 2.53. The van der Waals surface area contributed by atoms with E-state index in [-0.39, 0.29) is 23.2 Å². The van der Waals surface area contributed by atoms with Gasteiger partial charge in [-0.3, -0.25) is 4.90 Å². The van der Waals surface area contributed by atoms with Gasteiger partial charge in [-0.05, 0) is 81.0 Å². The summed E-state index contributed by atoms with van der Waals surface area (Å²) in [5.74, 6) is -2.75. The second-order valence-corrected chi connectivity index (χ2v) is 12.1. The van der Waals surface area contributed by atoms with Gasteiger partial charge in [-0.15, -0.1) is 0 Å². The third kappa shape index (κ3) is 8.40. The van der Waals surface area contributed by atoms with Crippen LogP contribution >= 0.6 is 0 Å². The fraction of sp³-hybridized carbons (Fsp3) is 0.562. The lowest BCUT2D eigenvalue weighted by Crippen LogP contribution is -2.55. The molecule has 2 aromatic carbocycles. The number of carboxylic acid groups (broad SMARTS) is 1. The van der Waals surface area contributed by atoms with Crippen molar-refractivity contribution in [1.82, 2.24) is 10.2 Å². The number of urea groups is 1. The Hall–Kier alpha value is -3.75. The molecule has 1 heterocycles. The van der Waals surface area contributed by atoms with Crippen molar-refractivity contribution in [2.45, 2.75) is 93.7 Å². The van der Waals surface area contributed by atoms with Crippen molar-refractivity contribution in [2.24, 2.45) is 0 Å². The van der Waals surface area contributed by atoms with Crippen molar-refractivity contribution in [2.75, 3.05) is 26.1 Å². The molecule has 47 heavy (non-hydrogen) atoms. The van der Waals surface area contributed by atoms with E-state index in [1.165, 1.54) is 37.7 Å². The standard InChI is InChI=1S/C30H37F4N3O3.C2HF3O2/c1-39-25-11-8-19(16-26(25)40-2)29-13-12-21(18-27(29)37(15-14-29)22-6-4-3-5-7-22)36-28(38)35-20-9-10-24(31)23(17-20)30(32,33)34;3-2(4,5)1(6)7/h8-11,16-17,21-22,27H,3-7,12-15,18H2,1-2H3,(H2,35,36,38);(H,6,7)/t21-,27+,29+;/m1./s1. The van der Waals surface area contributed by atoms with E-state index in [2.05, 4.69) is 27.7 Å². The molecule has 0 unspecified atom stereocenters. The first kappa shape index (κ1) is 36.1. The fourth-order valence-electron chi connectivity index (χ4n) is 7.22. The summed E-state index contributed by atoms with van der Waals surface area (Å²) in [7, 11) is 3.26. The summed E-state index contributed by atoms with van der Waals surface area (Å²) in [4.78, 5) is 24.4. The lowest BCUT2D eigenvalue weighted by Gasteiger charge is -2.47. The maximum Gasteiger partial charge on any atom is 0.490 e. The van der Waals surface area contributed by atoms with Gasteiger partial charge in [-0.25, -0.2) is 14.0 Å². The number of anilines is 1. The van der Waals surface area contributed by atoms with Gasteiger partial charge in [0.15, 0.2) is 11.5 Å². The minimum absolute atomic E-state index is 0.0930. The van der Waals surface area contributed by atoms with Gasteiger partial charge >= 0.3 is 24.4 Å². The summed E-state index contributed by atoms with van der Waals surface area (Å²) in [6.45, 7) is 0.985. The van der Waals surface area contributed by atoms with Crippen LogP contribution in [0, 0.1) is 5.82 Å². The first-order chi connectivity index (χ1) is 22.1. The summed E-state index contributed by atoms with van der Waals surface area (Å²) in [6.07, 6.45) is -0.554. The van der Waals surface area contributed by atoms with E-state index < -0.39 is 35.7 Å². The van der Waals surface area contributed by atoms with Crippen molar-refractivity contribution in [3.8, 4) is 11.5 Å². The van der Waals surface area contributed by atoms with Crippen LogP contribution in [-0.2, 0) is 16.4 Å². The van der Waals surface area contributed by atoms with Gasteiger partial charge in [0.05, 0.1) is 19.8 Å². The zero-order chi connectivity index (χ0) is 34.6. The molecule has 0 spiro atoms. The van der Waals surface area contributed by atoms with E-state index in [0.717, 1.165) is 44.4 Å². The van der Waals surface area contributed by atoms with Crippen LogP contribution in [0.2, 0.25) is 0 Å². The number of carboxylic acids is 1. The second-order valence-electron chi connectivity index (χ2n) is 12.1. The maximum atomic E-state index is 13.7. The van der Waals surface area contributed by atoms with E-state index in [9.17, 15) is 35.5 Å². The average molecular weight is 678 g/mol. The number of methoxy groups -OCH3 is 2. The SMILES string of the molecule is COc1ccc([C@@]23CC[C@@H](NC(=O)Nc4ccc(F)c(C(F)(F)F)c4)C[C@@H]2N(C2CCCCC2)CC3)cc1OC.O=C(O)C(F)(F)F. The van der Waals surface area contributed by atoms with Gasteiger partial charge in [-0.1, -0.05) is 25.3 Å². The zero-order valence-corrected chi connectivity index (χ0v) is 25.9. The van der Waals surface area contributed by atoms with Gasteiger partial charge in [-0.2, -0.15) is 26.3 Å². The first-order valence-electron chi connectivity index (χ1n) is 15.3. The van der Waals surface area contributed by atoms with Crippen LogP contribution in [0.5, 0.6) is 11.5 Å². The fourth-order valence-corrected chi connectivity index (χ4v) is 7.22. The Morgan fingerprint density at radius 2 is 1.57 bits per heavy atom. The molecular formula is C32H38F7N3O5. The summed E-state index contributed by atoms with van der Waals surface area (Å²) in [6, 6.07) is 8.62. The zero-order valence-electron chi connectivity index (χ0n) is 25.9. The number of carbonyl (C=O) groups excluding carboxylic acids is 1. The van der Waals surface area contributed by atoms with Gasteiger partial charge in [0, 0.05) is 29.2 Å². The Bertz CT molecular complexity index is 1410. The Kier molecular flexibility index (Phi) is 11.2. The number of likely N-dealkylation sites (tertiary alicyclic amines) is 1. The van der Waals surface area contributed by atoms with Gasteiger partial charge in [0.1, 0.15) is 5.82 Å². The van der Waals surface area contributed by atoms with Gasteiger partial charge < -0.3 is 25.2 Å². The number of fused-ring (bicyclic) bond motifs is 1. The number of rotatable bonds is 6. The number of halogens is 7. The predicted octanol–water partition coefficient (Wildman–Crippen LogP) is 7.51. The number of benzene rings is 2. The molecule has 3 aliphatic rings. The smallest absolute Gasteiger partial charge is 0.490 e. The molecule has 260 valence electrons. The molecule has 3 fully saturated rings. The number of nitrogens with one attached hydrogen (secondary N) is 2. The Balaban J connectivity index is 0.000000644. The number of hydrogen-bond acceptors (Lipinski definition) is 5. The summed E-state index contributed by atoms with van der Waals surface area (Å²) in [5, 5.41) is 12.6. The molecule has 1 saturated heterocycles. The molecule has 0 bridgehead atoms. The summed E-state index contributed by atoms with van der Waals surface area (Å²) >= 11 is 0. The van der Waals surface area contributed by atoms with Crippen LogP contribution < -0.4 is 20.1 Å². The van der Waals surface area contributed by atoms with E-state index in [1.54, 1.807) is 14.2 Å². The van der Waals surface area contributed by atoms with Crippen molar-refractivity contribution in [1.29, 1.82) is 0 Å². The number of aliphatic carboxylic acids is 1. The minimum Gasteiger partial charge on any atom is -0.493 e. The van der Waals surface area contributed by atoms with Crippen molar-refractivity contribution < 1.29 is 54.9 Å². The molecular weight excluding hydrogens is 639 g/mol. The molecule has 2 aromatic rings. The number of amides is 2. The lowest BCUT2D eigenvalue weighted by atomic mass is 9.64. The minimum atomic E-state index is -5.08. The van der Waals surface area contributed by atoms with Crippen LogP contribution in [0.25, 0.3) is 0 Å². The van der Waals surface area contributed by atoms with Crippen molar-refractivity contribution in [3.63, 3.8) is 0 Å². The second kappa shape index (κ2) is 14.6. The third-order valence-corrected chi connectivity index (χ3v) is 9.41. The topological polar surface area (TPSA) is 100 Å². The number of nitrogens with zero attached hydrogens (tertiary/aromatic N) is 1. The molecule has 2 aliphatic carbocycles. The highest BCUT2D eigenvalue weighted by Crippen LogP contribution is 2.52. The van der Waals surface area contributed by atoms with Crippen LogP contribution in [0.4, 0.5) is 41.2 Å². The molecule has 2 amide bonds. The van der Waals surface area contributed by atoms with E-state index >= 15 is 0 Å².